The summed E-state index contributed by atoms with van der Waals surface area (Å²) in [5.41, 5.74) is 5.77. The minimum atomic E-state index is -0.00759. The second-order valence-electron chi connectivity index (χ2n) is 3.50. The van der Waals surface area contributed by atoms with Crippen molar-refractivity contribution in [2.24, 2.45) is 5.73 Å². The van der Waals surface area contributed by atoms with E-state index in [4.69, 9.17) is 5.73 Å². The van der Waals surface area contributed by atoms with Crippen LogP contribution in [0.4, 0.5) is 0 Å². The van der Waals surface area contributed by atoms with Crippen molar-refractivity contribution in [1.29, 1.82) is 0 Å². The molecule has 1 aromatic heterocycles. The van der Waals surface area contributed by atoms with Crippen LogP contribution in [-0.2, 0) is 0 Å². The number of aryl methyl sites for hydroxylation is 1. The van der Waals surface area contributed by atoms with Crippen LogP contribution in [-0.4, -0.2) is 14.8 Å². The van der Waals surface area contributed by atoms with Gasteiger partial charge in [-0.15, -0.1) is 10.2 Å². The first-order valence-corrected chi connectivity index (χ1v) is 4.37. The van der Waals surface area contributed by atoms with Crippen LogP contribution >= 0.6 is 0 Å². The number of aromatic nitrogens is 3. The molecule has 2 N–H and O–H groups in total. The van der Waals surface area contributed by atoms with Crippen LogP contribution in [0.15, 0.2) is 0 Å². The summed E-state index contributed by atoms with van der Waals surface area (Å²) in [6.45, 7) is 3.93. The molecule has 1 atom stereocenters. The van der Waals surface area contributed by atoms with E-state index in [2.05, 4.69) is 14.8 Å². The van der Waals surface area contributed by atoms with E-state index in [1.165, 1.54) is 12.8 Å². The number of hydrogen-bond donors (Lipinski definition) is 1. The zero-order valence-electron chi connectivity index (χ0n) is 7.49. The largest absolute Gasteiger partial charge is 0.322 e. The third-order valence-electron chi connectivity index (χ3n) is 2.21. The van der Waals surface area contributed by atoms with E-state index in [1.807, 2.05) is 13.8 Å². The second kappa shape index (κ2) is 2.55. The number of hydrogen-bond acceptors (Lipinski definition) is 3. The predicted octanol–water partition coefficient (Wildman–Crippen LogP) is 0.941. The van der Waals surface area contributed by atoms with Gasteiger partial charge in [0.2, 0.25) is 0 Å². The molecular formula is C8H14N4. The Balaban J connectivity index is 2.39. The first-order chi connectivity index (χ1) is 5.70. The average molecular weight is 166 g/mol. The zero-order valence-corrected chi connectivity index (χ0v) is 7.49. The highest BCUT2D eigenvalue weighted by Gasteiger charge is 2.28. The molecule has 1 unspecified atom stereocenters. The maximum absolute atomic E-state index is 5.77. The van der Waals surface area contributed by atoms with E-state index in [0.717, 1.165) is 11.6 Å². The van der Waals surface area contributed by atoms with Crippen molar-refractivity contribution in [2.45, 2.75) is 38.8 Å². The molecule has 4 nitrogen and oxygen atoms in total. The van der Waals surface area contributed by atoms with Crippen molar-refractivity contribution >= 4 is 0 Å². The fraction of sp³-hybridized carbons (Fsp3) is 0.750. The number of nitrogens with two attached hydrogens (primary N) is 1. The summed E-state index contributed by atoms with van der Waals surface area (Å²) in [4.78, 5) is 0. The normalized spacial score (nSPS) is 19.6. The molecule has 1 aromatic rings. The van der Waals surface area contributed by atoms with Gasteiger partial charge >= 0.3 is 0 Å². The van der Waals surface area contributed by atoms with Crippen molar-refractivity contribution in [2.75, 3.05) is 0 Å². The Morgan fingerprint density at radius 3 is 2.67 bits per heavy atom. The van der Waals surface area contributed by atoms with Crippen LogP contribution in [0, 0.1) is 6.92 Å². The Labute approximate surface area is 71.8 Å². The molecule has 12 heavy (non-hydrogen) atoms. The van der Waals surface area contributed by atoms with Gasteiger partial charge in [0, 0.05) is 6.04 Å². The highest BCUT2D eigenvalue weighted by Crippen LogP contribution is 2.37. The van der Waals surface area contributed by atoms with Gasteiger partial charge in [0.05, 0.1) is 6.04 Å². The molecule has 66 valence electrons. The van der Waals surface area contributed by atoms with Gasteiger partial charge in [-0.05, 0) is 26.7 Å². The molecule has 1 aliphatic carbocycles. The van der Waals surface area contributed by atoms with Gasteiger partial charge in [-0.2, -0.15) is 0 Å². The van der Waals surface area contributed by atoms with Gasteiger partial charge in [-0.25, -0.2) is 0 Å². The van der Waals surface area contributed by atoms with Gasteiger partial charge in [0.25, 0.3) is 0 Å². The highest BCUT2D eigenvalue weighted by atomic mass is 15.3. The van der Waals surface area contributed by atoms with Crippen molar-refractivity contribution in [3.05, 3.63) is 11.6 Å². The number of rotatable bonds is 2. The topological polar surface area (TPSA) is 56.7 Å². The molecule has 0 amide bonds. The summed E-state index contributed by atoms with van der Waals surface area (Å²) < 4.78 is 2.17. The SMILES string of the molecule is Cc1nnc(C(C)N)n1C1CC1. The summed E-state index contributed by atoms with van der Waals surface area (Å²) in [5, 5.41) is 8.10. The standard InChI is InChI=1S/C8H14N4/c1-5(9)8-11-10-6(2)12(8)7-3-4-7/h5,7H,3-4,9H2,1-2H3. The Kier molecular flexibility index (Phi) is 1.65. The third-order valence-corrected chi connectivity index (χ3v) is 2.21. The monoisotopic (exact) mass is 166 g/mol. The molecule has 0 radical (unpaired) electrons. The van der Waals surface area contributed by atoms with Crippen LogP contribution < -0.4 is 5.73 Å². The Bertz CT molecular complexity index is 285. The van der Waals surface area contributed by atoms with Crippen molar-refractivity contribution in [1.82, 2.24) is 14.8 Å². The van der Waals surface area contributed by atoms with Gasteiger partial charge in [0.15, 0.2) is 0 Å². The summed E-state index contributed by atoms with van der Waals surface area (Å²) in [5.74, 6) is 1.92. The molecule has 0 spiro atoms. The van der Waals surface area contributed by atoms with Crippen LogP contribution in [0.3, 0.4) is 0 Å². The molecule has 1 fully saturated rings. The quantitative estimate of drug-likeness (QED) is 0.711. The van der Waals surface area contributed by atoms with Gasteiger partial charge in [-0.3, -0.25) is 0 Å². The molecule has 1 aliphatic rings. The van der Waals surface area contributed by atoms with Crippen molar-refractivity contribution in [3.8, 4) is 0 Å². The second-order valence-corrected chi connectivity index (χ2v) is 3.50. The lowest BCUT2D eigenvalue weighted by atomic mass is 10.3. The first-order valence-electron chi connectivity index (χ1n) is 4.37. The molecule has 2 rings (SSSR count). The molecule has 1 saturated carbocycles. The zero-order chi connectivity index (χ0) is 8.72. The summed E-state index contributed by atoms with van der Waals surface area (Å²) in [7, 11) is 0. The fourth-order valence-electron chi connectivity index (χ4n) is 1.48. The molecule has 1 heterocycles. The summed E-state index contributed by atoms with van der Waals surface area (Å²) >= 11 is 0. The third kappa shape index (κ3) is 1.12. The molecule has 0 bridgehead atoms. The Hall–Kier alpha value is -0.900. The lowest BCUT2D eigenvalue weighted by Crippen LogP contribution is -2.13. The van der Waals surface area contributed by atoms with Crippen LogP contribution in [0.25, 0.3) is 0 Å². The maximum atomic E-state index is 5.77. The van der Waals surface area contributed by atoms with E-state index in [0.29, 0.717) is 6.04 Å². The lowest BCUT2D eigenvalue weighted by Gasteiger charge is -2.08. The fourth-order valence-corrected chi connectivity index (χ4v) is 1.48. The smallest absolute Gasteiger partial charge is 0.149 e. The summed E-state index contributed by atoms with van der Waals surface area (Å²) in [6.07, 6.45) is 2.50. The van der Waals surface area contributed by atoms with Crippen molar-refractivity contribution in [3.63, 3.8) is 0 Å². The molecule has 4 heteroatoms. The Morgan fingerprint density at radius 1 is 1.50 bits per heavy atom. The van der Waals surface area contributed by atoms with Crippen LogP contribution in [0.5, 0.6) is 0 Å². The first kappa shape index (κ1) is 7.73. The van der Waals surface area contributed by atoms with Crippen molar-refractivity contribution < 1.29 is 0 Å². The van der Waals surface area contributed by atoms with E-state index < -0.39 is 0 Å². The van der Waals surface area contributed by atoms with E-state index in [-0.39, 0.29) is 6.04 Å². The minimum Gasteiger partial charge on any atom is -0.322 e. The predicted molar refractivity (Wildman–Crippen MR) is 45.6 cm³/mol. The molecular weight excluding hydrogens is 152 g/mol. The average Bonchev–Trinajstić information content (AvgIpc) is 2.75. The van der Waals surface area contributed by atoms with Crippen LogP contribution in [0.1, 0.15) is 43.5 Å². The highest BCUT2D eigenvalue weighted by molar-refractivity contribution is 5.04. The molecule has 0 aliphatic heterocycles. The summed E-state index contributed by atoms with van der Waals surface area (Å²) in [6, 6.07) is 0.618. The molecule has 0 saturated heterocycles. The Morgan fingerprint density at radius 2 is 2.17 bits per heavy atom. The van der Waals surface area contributed by atoms with E-state index in [9.17, 15) is 0 Å². The lowest BCUT2D eigenvalue weighted by molar-refractivity contribution is 0.614. The van der Waals surface area contributed by atoms with Gasteiger partial charge in [0.1, 0.15) is 11.6 Å². The van der Waals surface area contributed by atoms with Crippen LogP contribution in [0.2, 0.25) is 0 Å². The molecule has 0 aromatic carbocycles. The van der Waals surface area contributed by atoms with E-state index in [1.54, 1.807) is 0 Å². The van der Waals surface area contributed by atoms with Gasteiger partial charge in [-0.1, -0.05) is 0 Å². The minimum absolute atomic E-state index is 0.00759. The number of nitrogens with zero attached hydrogens (tertiary/aromatic N) is 3. The van der Waals surface area contributed by atoms with Gasteiger partial charge < -0.3 is 10.3 Å². The van der Waals surface area contributed by atoms with E-state index >= 15 is 0 Å². The maximum Gasteiger partial charge on any atom is 0.149 e.